The van der Waals surface area contributed by atoms with E-state index in [2.05, 4.69) is 54.2 Å². The summed E-state index contributed by atoms with van der Waals surface area (Å²) in [4.78, 5) is 12.3. The first-order chi connectivity index (χ1) is 11.5. The maximum atomic E-state index is 12.3. The average molecular weight is 337 g/mol. The fourth-order valence-electron chi connectivity index (χ4n) is 3.56. The fraction of sp³-hybridized carbons (Fsp3) is 0.263. The van der Waals surface area contributed by atoms with Crippen LogP contribution >= 0.6 is 11.3 Å². The standard InChI is InChI=1S/C19H19N3OS/c1-11-6-12(2)8-15(7-11)22-19-18(13(3)21-22)16(9-17(23)20-19)14-4-5-24-10-14/h4-8,10,16H,9H2,1-3H3,(H,20,23)/t16-/m1/s1. The molecule has 122 valence electrons. The van der Waals surface area contributed by atoms with Gasteiger partial charge in [-0.05, 0) is 66.4 Å². The van der Waals surface area contributed by atoms with Crippen LogP contribution in [-0.2, 0) is 4.79 Å². The predicted octanol–water partition coefficient (Wildman–Crippen LogP) is 4.33. The van der Waals surface area contributed by atoms with E-state index < -0.39 is 0 Å². The second kappa shape index (κ2) is 5.60. The van der Waals surface area contributed by atoms with Gasteiger partial charge < -0.3 is 5.32 Å². The molecule has 0 unspecified atom stereocenters. The van der Waals surface area contributed by atoms with E-state index in [1.54, 1.807) is 11.3 Å². The molecule has 1 aliphatic heterocycles. The molecule has 0 aliphatic carbocycles. The van der Waals surface area contributed by atoms with Crippen LogP contribution in [0.2, 0.25) is 0 Å². The third-order valence-corrected chi connectivity index (χ3v) is 5.20. The minimum absolute atomic E-state index is 0.0456. The largest absolute Gasteiger partial charge is 0.310 e. The van der Waals surface area contributed by atoms with Crippen molar-refractivity contribution in [3.8, 4) is 5.69 Å². The molecule has 0 spiro atoms. The molecular formula is C19H19N3OS. The fourth-order valence-corrected chi connectivity index (χ4v) is 4.28. The maximum absolute atomic E-state index is 12.3. The highest BCUT2D eigenvalue weighted by molar-refractivity contribution is 7.08. The van der Waals surface area contributed by atoms with Crippen molar-refractivity contribution in [2.24, 2.45) is 0 Å². The number of benzene rings is 1. The predicted molar refractivity (Wildman–Crippen MR) is 97.2 cm³/mol. The molecule has 1 aromatic carbocycles. The van der Waals surface area contributed by atoms with E-state index in [1.165, 1.54) is 16.7 Å². The van der Waals surface area contributed by atoms with Gasteiger partial charge in [-0.25, -0.2) is 4.68 Å². The lowest BCUT2D eigenvalue weighted by Gasteiger charge is -2.23. The molecule has 24 heavy (non-hydrogen) atoms. The van der Waals surface area contributed by atoms with Gasteiger partial charge in [0.2, 0.25) is 5.91 Å². The highest BCUT2D eigenvalue weighted by Gasteiger charge is 2.32. The van der Waals surface area contributed by atoms with Crippen molar-refractivity contribution in [3.05, 3.63) is 63.0 Å². The van der Waals surface area contributed by atoms with E-state index >= 15 is 0 Å². The number of aryl methyl sites for hydroxylation is 3. The second-order valence-electron chi connectivity index (χ2n) is 6.47. The number of anilines is 1. The van der Waals surface area contributed by atoms with Crippen molar-refractivity contribution in [3.63, 3.8) is 0 Å². The van der Waals surface area contributed by atoms with Crippen molar-refractivity contribution >= 4 is 23.1 Å². The van der Waals surface area contributed by atoms with Crippen molar-refractivity contribution in [1.82, 2.24) is 9.78 Å². The van der Waals surface area contributed by atoms with E-state index in [1.807, 2.05) is 11.6 Å². The van der Waals surface area contributed by atoms with Gasteiger partial charge in [0.25, 0.3) is 0 Å². The van der Waals surface area contributed by atoms with Crippen LogP contribution in [0, 0.1) is 20.8 Å². The Balaban J connectivity index is 1.91. The van der Waals surface area contributed by atoms with Crippen molar-refractivity contribution in [2.45, 2.75) is 33.1 Å². The van der Waals surface area contributed by atoms with E-state index in [4.69, 9.17) is 5.10 Å². The van der Waals surface area contributed by atoms with Gasteiger partial charge in [0, 0.05) is 17.9 Å². The summed E-state index contributed by atoms with van der Waals surface area (Å²) in [6.07, 6.45) is 0.475. The van der Waals surface area contributed by atoms with Gasteiger partial charge in [0.05, 0.1) is 11.4 Å². The summed E-state index contributed by atoms with van der Waals surface area (Å²) in [7, 11) is 0. The first-order valence-electron chi connectivity index (χ1n) is 8.03. The molecule has 5 heteroatoms. The van der Waals surface area contributed by atoms with Gasteiger partial charge in [-0.1, -0.05) is 6.07 Å². The molecule has 4 rings (SSSR count). The summed E-state index contributed by atoms with van der Waals surface area (Å²) >= 11 is 1.66. The Hall–Kier alpha value is -2.40. The number of nitrogens with zero attached hydrogens (tertiary/aromatic N) is 2. The van der Waals surface area contributed by atoms with Crippen LogP contribution in [0.3, 0.4) is 0 Å². The molecule has 3 heterocycles. The summed E-state index contributed by atoms with van der Waals surface area (Å²) in [5.74, 6) is 0.939. The van der Waals surface area contributed by atoms with Crippen molar-refractivity contribution in [1.29, 1.82) is 0 Å². The number of amides is 1. The monoisotopic (exact) mass is 337 g/mol. The SMILES string of the molecule is Cc1cc(C)cc(-n2nc(C)c3c2NC(=O)C[C@@H]3c2ccsc2)c1. The van der Waals surface area contributed by atoms with E-state index in [0.717, 1.165) is 22.8 Å². The highest BCUT2D eigenvalue weighted by atomic mass is 32.1. The first kappa shape index (κ1) is 15.1. The molecule has 0 radical (unpaired) electrons. The third-order valence-electron chi connectivity index (χ3n) is 4.50. The van der Waals surface area contributed by atoms with Crippen LogP contribution in [0.1, 0.15) is 40.3 Å². The molecule has 3 aromatic rings. The van der Waals surface area contributed by atoms with Gasteiger partial charge >= 0.3 is 0 Å². The number of hydrogen-bond acceptors (Lipinski definition) is 3. The normalized spacial score (nSPS) is 16.8. The van der Waals surface area contributed by atoms with Gasteiger partial charge in [-0.15, -0.1) is 0 Å². The molecule has 1 atom stereocenters. The molecule has 1 N–H and O–H groups in total. The molecule has 4 nitrogen and oxygen atoms in total. The van der Waals surface area contributed by atoms with Crippen LogP contribution < -0.4 is 5.32 Å². The summed E-state index contributed by atoms with van der Waals surface area (Å²) in [5, 5.41) is 12.0. The van der Waals surface area contributed by atoms with E-state index in [0.29, 0.717) is 6.42 Å². The van der Waals surface area contributed by atoms with Gasteiger partial charge in [-0.3, -0.25) is 4.79 Å². The summed E-state index contributed by atoms with van der Waals surface area (Å²) in [6.45, 7) is 6.17. The lowest BCUT2D eigenvalue weighted by Crippen LogP contribution is -2.24. The second-order valence-corrected chi connectivity index (χ2v) is 7.25. The average Bonchev–Trinajstić information content (AvgIpc) is 3.14. The number of carbonyl (C=O) groups excluding carboxylic acids is 1. The van der Waals surface area contributed by atoms with Crippen LogP contribution in [0.5, 0.6) is 0 Å². The molecular weight excluding hydrogens is 318 g/mol. The smallest absolute Gasteiger partial charge is 0.226 e. The Morgan fingerprint density at radius 1 is 1.21 bits per heavy atom. The highest BCUT2D eigenvalue weighted by Crippen LogP contribution is 2.40. The minimum Gasteiger partial charge on any atom is -0.310 e. The zero-order valence-electron chi connectivity index (χ0n) is 14.0. The van der Waals surface area contributed by atoms with Crippen LogP contribution in [0.25, 0.3) is 5.69 Å². The van der Waals surface area contributed by atoms with Crippen LogP contribution in [0.4, 0.5) is 5.82 Å². The van der Waals surface area contributed by atoms with Crippen molar-refractivity contribution in [2.75, 3.05) is 5.32 Å². The van der Waals surface area contributed by atoms with Gasteiger partial charge in [-0.2, -0.15) is 16.4 Å². The Kier molecular flexibility index (Phi) is 3.53. The van der Waals surface area contributed by atoms with Crippen molar-refractivity contribution < 1.29 is 4.79 Å². The number of fused-ring (bicyclic) bond motifs is 1. The number of rotatable bonds is 2. The minimum atomic E-state index is 0.0456. The Labute approximate surface area is 145 Å². The van der Waals surface area contributed by atoms with Crippen LogP contribution in [-0.4, -0.2) is 15.7 Å². The molecule has 0 saturated heterocycles. The number of thiophene rings is 1. The quantitative estimate of drug-likeness (QED) is 0.756. The van der Waals surface area contributed by atoms with Gasteiger partial charge in [0.15, 0.2) is 0 Å². The third kappa shape index (κ3) is 2.45. The number of aromatic nitrogens is 2. The summed E-state index contributed by atoms with van der Waals surface area (Å²) in [6, 6.07) is 8.44. The lowest BCUT2D eigenvalue weighted by atomic mass is 9.87. The number of hydrogen-bond donors (Lipinski definition) is 1. The maximum Gasteiger partial charge on any atom is 0.226 e. The molecule has 1 amide bonds. The van der Waals surface area contributed by atoms with E-state index in [-0.39, 0.29) is 11.8 Å². The molecule has 2 aromatic heterocycles. The Morgan fingerprint density at radius 3 is 2.62 bits per heavy atom. The van der Waals surface area contributed by atoms with Crippen LogP contribution in [0.15, 0.2) is 35.0 Å². The zero-order chi connectivity index (χ0) is 16.8. The Bertz CT molecular complexity index is 904. The van der Waals surface area contributed by atoms with E-state index in [9.17, 15) is 4.79 Å². The molecule has 1 aliphatic rings. The molecule has 0 bridgehead atoms. The lowest BCUT2D eigenvalue weighted by molar-refractivity contribution is -0.116. The van der Waals surface area contributed by atoms with Gasteiger partial charge in [0.1, 0.15) is 5.82 Å². The Morgan fingerprint density at radius 2 is 1.96 bits per heavy atom. The topological polar surface area (TPSA) is 46.9 Å². The number of carbonyl (C=O) groups is 1. The molecule has 0 fully saturated rings. The number of nitrogens with one attached hydrogen (secondary N) is 1. The molecule has 0 saturated carbocycles. The zero-order valence-corrected chi connectivity index (χ0v) is 14.8. The summed E-state index contributed by atoms with van der Waals surface area (Å²) in [5.41, 5.74) is 6.65. The first-order valence-corrected chi connectivity index (χ1v) is 8.97. The summed E-state index contributed by atoms with van der Waals surface area (Å²) < 4.78 is 1.88.